The van der Waals surface area contributed by atoms with Crippen molar-refractivity contribution in [2.75, 3.05) is 20.2 Å². The minimum absolute atomic E-state index is 0.385. The molecular formula is C19H20N2O6. The molecule has 0 spiro atoms. The predicted octanol–water partition coefficient (Wildman–Crippen LogP) is 2.08. The van der Waals surface area contributed by atoms with Gasteiger partial charge in [-0.3, -0.25) is 14.6 Å². The van der Waals surface area contributed by atoms with E-state index in [0.29, 0.717) is 23.7 Å². The van der Waals surface area contributed by atoms with Crippen molar-refractivity contribution < 1.29 is 29.3 Å². The van der Waals surface area contributed by atoms with Gasteiger partial charge >= 0.3 is 11.9 Å². The number of carboxylic acid groups (broad SMARTS) is 2. The molecule has 2 aromatic rings. The van der Waals surface area contributed by atoms with Gasteiger partial charge in [0, 0.05) is 0 Å². The summed E-state index contributed by atoms with van der Waals surface area (Å²) < 4.78 is 11.1. The van der Waals surface area contributed by atoms with Gasteiger partial charge in [0.15, 0.2) is 11.5 Å². The molecule has 0 aliphatic carbocycles. The van der Waals surface area contributed by atoms with Crippen molar-refractivity contribution in [2.45, 2.75) is 6.61 Å². The van der Waals surface area contributed by atoms with E-state index >= 15 is 0 Å². The summed E-state index contributed by atoms with van der Waals surface area (Å²) in [5.41, 5.74) is 1.63. The predicted molar refractivity (Wildman–Crippen MR) is 98.2 cm³/mol. The Morgan fingerprint density at radius 2 is 1.70 bits per heavy atom. The van der Waals surface area contributed by atoms with Crippen molar-refractivity contribution in [3.05, 3.63) is 59.7 Å². The number of hydrazone groups is 1. The van der Waals surface area contributed by atoms with E-state index in [0.717, 1.165) is 10.6 Å². The van der Waals surface area contributed by atoms with Gasteiger partial charge in [-0.05, 0) is 29.3 Å². The number of aliphatic carboxylic acids is 2. The van der Waals surface area contributed by atoms with Crippen LogP contribution in [-0.4, -0.2) is 53.6 Å². The fourth-order valence-corrected chi connectivity index (χ4v) is 2.22. The molecule has 0 atom stereocenters. The lowest BCUT2D eigenvalue weighted by Crippen LogP contribution is -2.30. The summed E-state index contributed by atoms with van der Waals surface area (Å²) in [6.45, 7) is -0.647. The van der Waals surface area contributed by atoms with Gasteiger partial charge in [-0.1, -0.05) is 30.3 Å². The maximum absolute atomic E-state index is 10.8. The van der Waals surface area contributed by atoms with Gasteiger partial charge in [0.1, 0.15) is 19.7 Å². The van der Waals surface area contributed by atoms with Crippen LogP contribution in [0.1, 0.15) is 11.1 Å². The zero-order valence-corrected chi connectivity index (χ0v) is 14.7. The van der Waals surface area contributed by atoms with Crippen LogP contribution in [0.2, 0.25) is 0 Å². The van der Waals surface area contributed by atoms with E-state index in [4.69, 9.17) is 19.7 Å². The highest BCUT2D eigenvalue weighted by molar-refractivity contribution is 5.81. The van der Waals surface area contributed by atoms with E-state index in [1.165, 1.54) is 13.3 Å². The van der Waals surface area contributed by atoms with Crippen molar-refractivity contribution in [3.8, 4) is 11.5 Å². The largest absolute Gasteiger partial charge is 0.493 e. The minimum Gasteiger partial charge on any atom is -0.493 e. The third kappa shape index (κ3) is 6.69. The Kier molecular flexibility index (Phi) is 7.18. The van der Waals surface area contributed by atoms with Gasteiger partial charge in [0.25, 0.3) is 0 Å². The summed E-state index contributed by atoms with van der Waals surface area (Å²) in [5, 5.41) is 22.5. The fourth-order valence-electron chi connectivity index (χ4n) is 2.22. The maximum atomic E-state index is 10.8. The first-order valence-electron chi connectivity index (χ1n) is 8.05. The van der Waals surface area contributed by atoms with Crippen LogP contribution in [0.25, 0.3) is 0 Å². The minimum atomic E-state index is -1.17. The Labute approximate surface area is 156 Å². The van der Waals surface area contributed by atoms with Crippen molar-refractivity contribution >= 4 is 18.2 Å². The summed E-state index contributed by atoms with van der Waals surface area (Å²) in [5.74, 6) is -1.31. The maximum Gasteiger partial charge on any atom is 0.324 e. The molecule has 0 aliphatic heterocycles. The molecule has 0 saturated carbocycles. The van der Waals surface area contributed by atoms with Gasteiger partial charge in [-0.15, -0.1) is 0 Å². The first kappa shape index (κ1) is 19.8. The highest BCUT2D eigenvalue weighted by atomic mass is 16.5. The van der Waals surface area contributed by atoms with E-state index in [9.17, 15) is 9.59 Å². The number of rotatable bonds is 10. The quantitative estimate of drug-likeness (QED) is 0.485. The Balaban J connectivity index is 2.09. The molecule has 0 aromatic heterocycles. The number of methoxy groups -OCH3 is 1. The number of ether oxygens (including phenoxy) is 2. The zero-order chi connectivity index (χ0) is 19.6. The third-order valence-corrected chi connectivity index (χ3v) is 3.43. The van der Waals surface area contributed by atoms with Gasteiger partial charge < -0.3 is 19.7 Å². The van der Waals surface area contributed by atoms with Crippen molar-refractivity contribution in [2.24, 2.45) is 5.10 Å². The monoisotopic (exact) mass is 372 g/mol. The molecular weight excluding hydrogens is 352 g/mol. The van der Waals surface area contributed by atoms with Crippen LogP contribution in [0.3, 0.4) is 0 Å². The highest BCUT2D eigenvalue weighted by Gasteiger charge is 2.11. The van der Waals surface area contributed by atoms with Gasteiger partial charge in [0.05, 0.1) is 13.3 Å². The average molecular weight is 372 g/mol. The molecule has 0 aliphatic rings. The van der Waals surface area contributed by atoms with Crippen LogP contribution in [-0.2, 0) is 16.2 Å². The summed E-state index contributed by atoms with van der Waals surface area (Å²) >= 11 is 0. The number of carbonyl (C=O) groups is 2. The second-order valence-corrected chi connectivity index (χ2v) is 5.54. The van der Waals surface area contributed by atoms with Gasteiger partial charge in [-0.2, -0.15) is 5.10 Å². The van der Waals surface area contributed by atoms with E-state index in [1.54, 1.807) is 18.2 Å². The second kappa shape index (κ2) is 9.81. The number of hydrogen-bond acceptors (Lipinski definition) is 6. The fraction of sp³-hybridized carbons (Fsp3) is 0.211. The van der Waals surface area contributed by atoms with Crippen molar-refractivity contribution in [1.82, 2.24) is 5.01 Å². The van der Waals surface area contributed by atoms with Crippen molar-refractivity contribution in [3.63, 3.8) is 0 Å². The number of nitrogens with zero attached hydrogens (tertiary/aromatic N) is 2. The molecule has 0 fully saturated rings. The summed E-state index contributed by atoms with van der Waals surface area (Å²) in [6.07, 6.45) is 1.37. The molecule has 8 heteroatoms. The van der Waals surface area contributed by atoms with Gasteiger partial charge in [-0.25, -0.2) is 0 Å². The van der Waals surface area contributed by atoms with Crippen LogP contribution in [0.4, 0.5) is 0 Å². The van der Waals surface area contributed by atoms with E-state index in [1.807, 2.05) is 30.3 Å². The molecule has 142 valence electrons. The van der Waals surface area contributed by atoms with Crippen LogP contribution >= 0.6 is 0 Å². The number of carboxylic acids is 2. The van der Waals surface area contributed by atoms with Crippen LogP contribution in [0.15, 0.2) is 53.6 Å². The topological polar surface area (TPSA) is 109 Å². The molecule has 0 saturated heterocycles. The lowest BCUT2D eigenvalue weighted by Gasteiger charge is -2.14. The highest BCUT2D eigenvalue weighted by Crippen LogP contribution is 2.28. The molecule has 0 radical (unpaired) electrons. The molecule has 0 heterocycles. The molecule has 2 aromatic carbocycles. The van der Waals surface area contributed by atoms with E-state index < -0.39 is 25.0 Å². The van der Waals surface area contributed by atoms with Crippen LogP contribution < -0.4 is 9.47 Å². The Hall–Kier alpha value is -3.55. The Morgan fingerprint density at radius 1 is 1.04 bits per heavy atom. The smallest absolute Gasteiger partial charge is 0.324 e. The Bertz CT molecular complexity index is 791. The third-order valence-electron chi connectivity index (χ3n) is 3.43. The number of benzene rings is 2. The van der Waals surface area contributed by atoms with E-state index in [2.05, 4.69) is 5.10 Å². The Morgan fingerprint density at radius 3 is 2.30 bits per heavy atom. The molecule has 0 unspecified atom stereocenters. The summed E-state index contributed by atoms with van der Waals surface area (Å²) in [6, 6.07) is 14.8. The molecule has 0 bridgehead atoms. The van der Waals surface area contributed by atoms with Crippen LogP contribution in [0, 0.1) is 0 Å². The molecule has 8 nitrogen and oxygen atoms in total. The first-order valence-corrected chi connectivity index (χ1v) is 8.05. The first-order chi connectivity index (χ1) is 13.0. The standard InChI is InChI=1S/C19H20N2O6/c1-26-17-9-15(10-20-21(11-18(22)23)12-19(24)25)7-8-16(17)27-13-14-5-3-2-4-6-14/h2-10H,11-13H2,1H3,(H,22,23)(H,24,25)/b20-10-. The van der Waals surface area contributed by atoms with Gasteiger partial charge in [0.2, 0.25) is 0 Å². The normalized spacial score (nSPS) is 10.6. The molecule has 27 heavy (non-hydrogen) atoms. The lowest BCUT2D eigenvalue weighted by molar-refractivity contribution is -0.141. The molecule has 2 N–H and O–H groups in total. The SMILES string of the molecule is COc1cc(/C=N\N(CC(=O)O)CC(=O)O)ccc1OCc1ccccc1. The van der Waals surface area contributed by atoms with E-state index in [-0.39, 0.29) is 0 Å². The van der Waals surface area contributed by atoms with Crippen LogP contribution in [0.5, 0.6) is 11.5 Å². The molecule has 2 rings (SSSR count). The zero-order valence-electron chi connectivity index (χ0n) is 14.7. The lowest BCUT2D eigenvalue weighted by atomic mass is 10.2. The summed E-state index contributed by atoms with van der Waals surface area (Å²) in [4.78, 5) is 21.6. The average Bonchev–Trinajstić information content (AvgIpc) is 2.64. The summed E-state index contributed by atoms with van der Waals surface area (Å²) in [7, 11) is 1.51. The van der Waals surface area contributed by atoms with Crippen molar-refractivity contribution in [1.29, 1.82) is 0 Å². The second-order valence-electron chi connectivity index (χ2n) is 5.54. The molecule has 0 amide bonds. The number of hydrogen-bond donors (Lipinski definition) is 2.